The number of nitrogens with one attached hydrogen (secondary N) is 3. The largest absolute Gasteiger partial charge is 0.481 e. The standard InChI is InChI=1S/C20H28N4O7S2/c21-12(6-7-16(25)26)17(27)23-14(9-32)19(29)24-15(10-33)18(28)22-13(20(30)31)8-11-4-2-1-3-5-11/h1-5,12-15,32-33H,6-10,21H2,(H,22,28)(H,23,27)(H,24,29)(H,25,26)(H,30,31). The summed E-state index contributed by atoms with van der Waals surface area (Å²) in [4.78, 5) is 59.4. The maximum absolute atomic E-state index is 12.6. The van der Waals surface area contributed by atoms with Gasteiger partial charge in [0.1, 0.15) is 18.1 Å². The molecule has 33 heavy (non-hydrogen) atoms. The molecule has 7 N–H and O–H groups in total. The van der Waals surface area contributed by atoms with E-state index in [0.717, 1.165) is 0 Å². The summed E-state index contributed by atoms with van der Waals surface area (Å²) in [6.45, 7) is 0. The molecule has 4 unspecified atom stereocenters. The van der Waals surface area contributed by atoms with Gasteiger partial charge in [0.05, 0.1) is 6.04 Å². The second kappa shape index (κ2) is 14.4. The SMILES string of the molecule is NC(CCC(=O)O)C(=O)NC(CS)C(=O)NC(CS)C(=O)NC(Cc1ccccc1)C(=O)O. The van der Waals surface area contributed by atoms with Crippen molar-refractivity contribution in [1.29, 1.82) is 0 Å². The highest BCUT2D eigenvalue weighted by atomic mass is 32.1. The monoisotopic (exact) mass is 500 g/mol. The first kappa shape index (κ1) is 28.3. The Morgan fingerprint density at radius 1 is 0.818 bits per heavy atom. The first-order valence-electron chi connectivity index (χ1n) is 9.96. The lowest BCUT2D eigenvalue weighted by molar-refractivity contribution is -0.142. The predicted molar refractivity (Wildman–Crippen MR) is 126 cm³/mol. The Hall–Kier alpha value is -2.77. The van der Waals surface area contributed by atoms with E-state index in [9.17, 15) is 29.1 Å². The van der Waals surface area contributed by atoms with Crippen molar-refractivity contribution in [1.82, 2.24) is 16.0 Å². The number of carboxylic acids is 2. The maximum atomic E-state index is 12.6. The molecule has 0 spiro atoms. The van der Waals surface area contributed by atoms with Gasteiger partial charge in [0.15, 0.2) is 0 Å². The Morgan fingerprint density at radius 2 is 1.30 bits per heavy atom. The zero-order chi connectivity index (χ0) is 25.0. The fourth-order valence-corrected chi connectivity index (χ4v) is 3.19. The number of amides is 3. The van der Waals surface area contributed by atoms with Crippen molar-refractivity contribution in [2.45, 2.75) is 43.4 Å². The van der Waals surface area contributed by atoms with Crippen LogP contribution in [-0.4, -0.2) is 75.5 Å². The molecule has 182 valence electrons. The Morgan fingerprint density at radius 3 is 1.76 bits per heavy atom. The topological polar surface area (TPSA) is 188 Å². The zero-order valence-electron chi connectivity index (χ0n) is 17.6. The molecule has 0 saturated heterocycles. The summed E-state index contributed by atoms with van der Waals surface area (Å²) in [5.74, 6) is -4.89. The van der Waals surface area contributed by atoms with Crippen LogP contribution in [0.5, 0.6) is 0 Å². The fraction of sp³-hybridized carbons (Fsp3) is 0.450. The van der Waals surface area contributed by atoms with Crippen molar-refractivity contribution in [2.24, 2.45) is 5.73 Å². The van der Waals surface area contributed by atoms with Gasteiger partial charge in [-0.25, -0.2) is 4.79 Å². The minimum absolute atomic E-state index is 0.0404. The summed E-state index contributed by atoms with van der Waals surface area (Å²) in [5.41, 5.74) is 6.33. The lowest BCUT2D eigenvalue weighted by Crippen LogP contribution is -2.58. The van der Waals surface area contributed by atoms with Crippen LogP contribution >= 0.6 is 25.3 Å². The summed E-state index contributed by atoms with van der Waals surface area (Å²) in [5, 5.41) is 25.3. The molecule has 0 aliphatic heterocycles. The van der Waals surface area contributed by atoms with Gasteiger partial charge in [-0.05, 0) is 12.0 Å². The number of carbonyl (C=O) groups is 5. The van der Waals surface area contributed by atoms with Crippen molar-refractivity contribution in [3.63, 3.8) is 0 Å². The second-order valence-corrected chi connectivity index (χ2v) is 7.85. The van der Waals surface area contributed by atoms with E-state index in [0.29, 0.717) is 5.56 Å². The average Bonchev–Trinajstić information content (AvgIpc) is 2.78. The molecule has 1 aromatic rings. The van der Waals surface area contributed by atoms with E-state index in [-0.39, 0.29) is 30.8 Å². The van der Waals surface area contributed by atoms with Crippen LogP contribution in [0.1, 0.15) is 18.4 Å². The second-order valence-electron chi connectivity index (χ2n) is 7.12. The lowest BCUT2D eigenvalue weighted by Gasteiger charge is -2.23. The van der Waals surface area contributed by atoms with E-state index >= 15 is 0 Å². The highest BCUT2D eigenvalue weighted by Crippen LogP contribution is 2.05. The minimum Gasteiger partial charge on any atom is -0.481 e. The Kier molecular flexibility index (Phi) is 12.3. The number of aliphatic carboxylic acids is 2. The molecule has 0 radical (unpaired) electrons. The van der Waals surface area contributed by atoms with Crippen LogP contribution in [-0.2, 0) is 30.4 Å². The predicted octanol–water partition coefficient (Wildman–Crippen LogP) is -1.18. The van der Waals surface area contributed by atoms with E-state index < -0.39 is 53.8 Å². The van der Waals surface area contributed by atoms with Gasteiger partial charge in [-0.1, -0.05) is 30.3 Å². The van der Waals surface area contributed by atoms with Crippen LogP contribution in [0.25, 0.3) is 0 Å². The number of thiol groups is 2. The van der Waals surface area contributed by atoms with E-state index in [1.165, 1.54) is 0 Å². The molecule has 0 bridgehead atoms. The normalized spacial score (nSPS) is 14.3. The molecule has 0 saturated carbocycles. The molecule has 0 fully saturated rings. The molecule has 0 aliphatic rings. The van der Waals surface area contributed by atoms with Gasteiger partial charge in [0.25, 0.3) is 0 Å². The number of carboxylic acid groups (broad SMARTS) is 2. The summed E-state index contributed by atoms with van der Waals surface area (Å²) in [6.07, 6.45) is -0.400. The van der Waals surface area contributed by atoms with E-state index in [4.69, 9.17) is 10.8 Å². The summed E-state index contributed by atoms with van der Waals surface area (Å²) < 4.78 is 0. The highest BCUT2D eigenvalue weighted by Gasteiger charge is 2.29. The van der Waals surface area contributed by atoms with Gasteiger partial charge in [-0.3, -0.25) is 19.2 Å². The van der Waals surface area contributed by atoms with Crippen LogP contribution < -0.4 is 21.7 Å². The molecule has 13 heteroatoms. The maximum Gasteiger partial charge on any atom is 0.326 e. The van der Waals surface area contributed by atoms with Crippen molar-refractivity contribution < 1.29 is 34.2 Å². The lowest BCUT2D eigenvalue weighted by atomic mass is 10.1. The highest BCUT2D eigenvalue weighted by molar-refractivity contribution is 7.80. The van der Waals surface area contributed by atoms with Crippen molar-refractivity contribution in [2.75, 3.05) is 11.5 Å². The van der Waals surface area contributed by atoms with Gasteiger partial charge in [-0.2, -0.15) is 25.3 Å². The molecule has 11 nitrogen and oxygen atoms in total. The number of hydrogen-bond donors (Lipinski definition) is 8. The number of hydrogen-bond acceptors (Lipinski definition) is 8. The summed E-state index contributed by atoms with van der Waals surface area (Å²) in [7, 11) is 0. The molecule has 1 rings (SSSR count). The van der Waals surface area contributed by atoms with Gasteiger partial charge >= 0.3 is 11.9 Å². The first-order valence-corrected chi connectivity index (χ1v) is 11.2. The van der Waals surface area contributed by atoms with Gasteiger partial charge < -0.3 is 31.9 Å². The zero-order valence-corrected chi connectivity index (χ0v) is 19.4. The summed E-state index contributed by atoms with van der Waals surface area (Å²) in [6, 6.07) is 3.99. The molecular weight excluding hydrogens is 472 g/mol. The molecule has 3 amide bonds. The quantitative estimate of drug-likeness (QED) is 0.147. The number of carbonyl (C=O) groups excluding carboxylic acids is 3. The smallest absolute Gasteiger partial charge is 0.326 e. The third-order valence-electron chi connectivity index (χ3n) is 4.53. The van der Waals surface area contributed by atoms with Crippen LogP contribution in [0.15, 0.2) is 30.3 Å². The molecule has 0 aromatic heterocycles. The van der Waals surface area contributed by atoms with E-state index in [2.05, 4.69) is 41.2 Å². The molecular formula is C20H28N4O7S2. The van der Waals surface area contributed by atoms with Gasteiger partial charge in [-0.15, -0.1) is 0 Å². The summed E-state index contributed by atoms with van der Waals surface area (Å²) >= 11 is 8.06. The van der Waals surface area contributed by atoms with Crippen molar-refractivity contribution >= 4 is 54.9 Å². The van der Waals surface area contributed by atoms with E-state index in [1.807, 2.05) is 0 Å². The Bertz CT molecular complexity index is 841. The number of nitrogens with two attached hydrogens (primary N) is 1. The van der Waals surface area contributed by atoms with Crippen LogP contribution in [0, 0.1) is 0 Å². The molecule has 4 atom stereocenters. The third-order valence-corrected chi connectivity index (χ3v) is 5.26. The molecule has 0 aliphatic carbocycles. The van der Waals surface area contributed by atoms with Gasteiger partial charge in [0, 0.05) is 24.3 Å². The van der Waals surface area contributed by atoms with Crippen LogP contribution in [0.4, 0.5) is 0 Å². The van der Waals surface area contributed by atoms with Gasteiger partial charge in [0.2, 0.25) is 17.7 Å². The number of benzene rings is 1. The average molecular weight is 501 g/mol. The first-order chi connectivity index (χ1) is 15.6. The van der Waals surface area contributed by atoms with E-state index in [1.54, 1.807) is 30.3 Å². The minimum atomic E-state index is -1.24. The van der Waals surface area contributed by atoms with Crippen molar-refractivity contribution in [3.05, 3.63) is 35.9 Å². The number of rotatable bonds is 14. The third kappa shape index (κ3) is 10.1. The Balaban J connectivity index is 2.73. The van der Waals surface area contributed by atoms with Crippen LogP contribution in [0.3, 0.4) is 0 Å². The fourth-order valence-electron chi connectivity index (χ4n) is 2.67. The van der Waals surface area contributed by atoms with Crippen molar-refractivity contribution in [3.8, 4) is 0 Å². The Labute approximate surface area is 201 Å². The molecule has 0 heterocycles. The molecule has 1 aromatic carbocycles. The van der Waals surface area contributed by atoms with Crippen LogP contribution in [0.2, 0.25) is 0 Å².